The molecule has 0 unspecified atom stereocenters. The van der Waals surface area contributed by atoms with E-state index in [1.165, 1.54) is 30.7 Å². The highest BCUT2D eigenvalue weighted by Gasteiger charge is 2.21. The van der Waals surface area contributed by atoms with E-state index < -0.39 is 11.8 Å². The van der Waals surface area contributed by atoms with Crippen LogP contribution in [0.4, 0.5) is 0 Å². The van der Waals surface area contributed by atoms with Crippen LogP contribution in [-0.2, 0) is 0 Å². The summed E-state index contributed by atoms with van der Waals surface area (Å²) in [4.78, 5) is 37.1. The molecule has 0 atom stereocenters. The lowest BCUT2D eigenvalue weighted by Gasteiger charge is -2.06. The van der Waals surface area contributed by atoms with Crippen molar-refractivity contribution >= 4 is 46.6 Å². The number of imidazole rings is 2. The number of carbonyl (C=O) groups excluding carboxylic acids is 2. The van der Waals surface area contributed by atoms with Gasteiger partial charge in [0.25, 0.3) is 5.78 Å². The number of rotatable bonds is 4. The predicted octanol–water partition coefficient (Wildman–Crippen LogP) is 3.54. The standard InChI is InChI=1S/C14H7Cl3N4O3/c15-6-3-7(16)10(8(17)4-6)14(23)24-9-5-20-13(21-9)11(22)12-18-1-2-19-12/h1-5H,(H,18,19)(H,20,21). The average Bonchev–Trinajstić information content (AvgIpc) is 3.16. The molecule has 2 aromatic heterocycles. The molecule has 0 aliphatic heterocycles. The molecule has 0 spiro atoms. The van der Waals surface area contributed by atoms with Crippen LogP contribution in [0.5, 0.6) is 5.88 Å². The predicted molar refractivity (Wildman–Crippen MR) is 87.0 cm³/mol. The monoisotopic (exact) mass is 384 g/mol. The number of nitrogens with zero attached hydrogens (tertiary/aromatic N) is 2. The second-order valence-corrected chi connectivity index (χ2v) is 5.75. The van der Waals surface area contributed by atoms with Gasteiger partial charge in [-0.3, -0.25) is 4.79 Å². The summed E-state index contributed by atoms with van der Waals surface area (Å²) in [7, 11) is 0. The highest BCUT2D eigenvalue weighted by molar-refractivity contribution is 6.41. The number of esters is 1. The number of hydrogen-bond acceptors (Lipinski definition) is 5. The van der Waals surface area contributed by atoms with Crippen molar-refractivity contribution in [3.63, 3.8) is 0 Å². The number of hydrogen-bond donors (Lipinski definition) is 2. The average molecular weight is 386 g/mol. The molecule has 0 amide bonds. The lowest BCUT2D eigenvalue weighted by Crippen LogP contribution is -2.11. The van der Waals surface area contributed by atoms with Gasteiger partial charge in [0.1, 0.15) is 0 Å². The Morgan fingerprint density at radius 3 is 2.38 bits per heavy atom. The molecule has 24 heavy (non-hydrogen) atoms. The van der Waals surface area contributed by atoms with Crippen molar-refractivity contribution in [3.05, 3.63) is 63.0 Å². The van der Waals surface area contributed by atoms with Crippen molar-refractivity contribution in [2.75, 3.05) is 0 Å². The molecule has 2 heterocycles. The van der Waals surface area contributed by atoms with Crippen LogP contribution in [0, 0.1) is 0 Å². The zero-order valence-electron chi connectivity index (χ0n) is 11.6. The number of nitrogens with one attached hydrogen (secondary N) is 2. The Morgan fingerprint density at radius 1 is 1.04 bits per heavy atom. The zero-order valence-corrected chi connectivity index (χ0v) is 13.9. The smallest absolute Gasteiger partial charge is 0.347 e. The van der Waals surface area contributed by atoms with E-state index in [4.69, 9.17) is 39.5 Å². The Labute approximate surface area is 149 Å². The van der Waals surface area contributed by atoms with Gasteiger partial charge in [-0.05, 0) is 12.1 Å². The molecule has 122 valence electrons. The molecule has 1 aromatic carbocycles. The quantitative estimate of drug-likeness (QED) is 0.528. The van der Waals surface area contributed by atoms with E-state index in [9.17, 15) is 9.59 Å². The Bertz CT molecular complexity index is 898. The van der Waals surface area contributed by atoms with Crippen molar-refractivity contribution in [2.45, 2.75) is 0 Å². The first-order chi connectivity index (χ1) is 11.5. The summed E-state index contributed by atoms with van der Waals surface area (Å²) in [6.45, 7) is 0. The number of aromatic amines is 2. The first-order valence-corrected chi connectivity index (χ1v) is 7.55. The van der Waals surface area contributed by atoms with E-state index in [-0.39, 0.29) is 38.2 Å². The van der Waals surface area contributed by atoms with E-state index in [2.05, 4.69) is 19.9 Å². The molecule has 0 saturated carbocycles. The van der Waals surface area contributed by atoms with Crippen LogP contribution in [-0.4, -0.2) is 31.7 Å². The van der Waals surface area contributed by atoms with Gasteiger partial charge in [-0.15, -0.1) is 0 Å². The van der Waals surface area contributed by atoms with Crippen LogP contribution in [0.3, 0.4) is 0 Å². The van der Waals surface area contributed by atoms with E-state index in [1.54, 1.807) is 0 Å². The summed E-state index contributed by atoms with van der Waals surface area (Å²) in [5.74, 6) is -1.28. The Balaban J connectivity index is 1.80. The van der Waals surface area contributed by atoms with Crippen LogP contribution in [0.1, 0.15) is 26.8 Å². The molecule has 3 rings (SSSR count). The summed E-state index contributed by atoms with van der Waals surface area (Å²) in [6, 6.07) is 2.73. The number of halogens is 3. The maximum atomic E-state index is 12.2. The molecular weight excluding hydrogens is 379 g/mol. The third kappa shape index (κ3) is 3.28. The van der Waals surface area contributed by atoms with E-state index >= 15 is 0 Å². The van der Waals surface area contributed by atoms with Gasteiger partial charge < -0.3 is 14.7 Å². The van der Waals surface area contributed by atoms with E-state index in [0.717, 1.165) is 0 Å². The van der Waals surface area contributed by atoms with E-state index in [0.29, 0.717) is 0 Å². The molecule has 10 heteroatoms. The molecule has 7 nitrogen and oxygen atoms in total. The number of aromatic nitrogens is 4. The van der Waals surface area contributed by atoms with Gasteiger partial charge in [0.2, 0.25) is 5.88 Å². The van der Waals surface area contributed by atoms with Gasteiger partial charge in [-0.2, -0.15) is 0 Å². The molecule has 0 aliphatic rings. The van der Waals surface area contributed by atoms with Gasteiger partial charge >= 0.3 is 5.97 Å². The SMILES string of the molecule is O=C(c1ncc[nH]1)c1ncc(OC(=O)c2c(Cl)cc(Cl)cc2Cl)[nH]1. The minimum Gasteiger partial charge on any atom is -0.404 e. The Hall–Kier alpha value is -2.35. The molecule has 0 radical (unpaired) electrons. The second-order valence-electron chi connectivity index (χ2n) is 4.50. The van der Waals surface area contributed by atoms with Crippen molar-refractivity contribution in [1.29, 1.82) is 0 Å². The van der Waals surface area contributed by atoms with Crippen molar-refractivity contribution in [1.82, 2.24) is 19.9 Å². The fourth-order valence-corrected chi connectivity index (χ4v) is 2.83. The van der Waals surface area contributed by atoms with Crippen LogP contribution >= 0.6 is 34.8 Å². The van der Waals surface area contributed by atoms with Gasteiger partial charge in [0, 0.05) is 17.4 Å². The molecule has 0 saturated heterocycles. The number of H-pyrrole nitrogens is 2. The van der Waals surface area contributed by atoms with Crippen LogP contribution < -0.4 is 4.74 Å². The van der Waals surface area contributed by atoms with Gasteiger partial charge in [0.15, 0.2) is 11.6 Å². The van der Waals surface area contributed by atoms with Crippen LogP contribution in [0.15, 0.2) is 30.7 Å². The molecule has 3 aromatic rings. The summed E-state index contributed by atoms with van der Waals surface area (Å²) in [6.07, 6.45) is 4.12. The number of ether oxygens (including phenoxy) is 1. The number of carbonyl (C=O) groups is 2. The minimum atomic E-state index is -0.817. The number of ketones is 1. The molecule has 2 N–H and O–H groups in total. The largest absolute Gasteiger partial charge is 0.404 e. The molecule has 0 fully saturated rings. The van der Waals surface area contributed by atoms with Gasteiger partial charge in [-0.1, -0.05) is 34.8 Å². The minimum absolute atomic E-state index is 0.0407. The summed E-state index contributed by atoms with van der Waals surface area (Å²) in [5, 5.41) is 0.377. The first-order valence-electron chi connectivity index (χ1n) is 6.41. The molecular formula is C14H7Cl3N4O3. The Kier molecular flexibility index (Phi) is 4.57. The van der Waals surface area contributed by atoms with Crippen molar-refractivity contribution in [2.24, 2.45) is 0 Å². The lowest BCUT2D eigenvalue weighted by atomic mass is 10.2. The normalized spacial score (nSPS) is 10.6. The fraction of sp³-hybridized carbons (Fsp3) is 0. The van der Waals surface area contributed by atoms with Crippen molar-refractivity contribution < 1.29 is 14.3 Å². The lowest BCUT2D eigenvalue weighted by molar-refractivity contribution is 0.0727. The van der Waals surface area contributed by atoms with Crippen LogP contribution in [0.25, 0.3) is 0 Å². The summed E-state index contributed by atoms with van der Waals surface area (Å²) >= 11 is 17.7. The second kappa shape index (κ2) is 6.64. The van der Waals surface area contributed by atoms with Crippen LogP contribution in [0.2, 0.25) is 15.1 Å². The number of benzene rings is 1. The third-order valence-electron chi connectivity index (χ3n) is 2.89. The third-order valence-corrected chi connectivity index (χ3v) is 3.71. The fourth-order valence-electron chi connectivity index (χ4n) is 1.86. The first kappa shape index (κ1) is 16.5. The molecule has 0 bridgehead atoms. The maximum absolute atomic E-state index is 12.2. The van der Waals surface area contributed by atoms with E-state index in [1.807, 2.05) is 0 Å². The van der Waals surface area contributed by atoms with Gasteiger partial charge in [-0.25, -0.2) is 14.8 Å². The highest BCUT2D eigenvalue weighted by Crippen LogP contribution is 2.29. The van der Waals surface area contributed by atoms with Gasteiger partial charge in [0.05, 0.1) is 21.8 Å². The maximum Gasteiger partial charge on any atom is 0.347 e. The van der Waals surface area contributed by atoms with Crippen molar-refractivity contribution in [3.8, 4) is 5.88 Å². The molecule has 0 aliphatic carbocycles. The topological polar surface area (TPSA) is 101 Å². The summed E-state index contributed by atoms with van der Waals surface area (Å²) < 4.78 is 5.10. The Morgan fingerprint density at radius 2 is 1.75 bits per heavy atom. The summed E-state index contributed by atoms with van der Waals surface area (Å²) in [5.41, 5.74) is -0.0451. The highest BCUT2D eigenvalue weighted by atomic mass is 35.5. The zero-order chi connectivity index (χ0) is 17.3.